The van der Waals surface area contributed by atoms with Crippen molar-refractivity contribution in [3.8, 4) is 11.4 Å². The van der Waals surface area contributed by atoms with Crippen LogP contribution in [0.3, 0.4) is 0 Å². The third-order valence-corrected chi connectivity index (χ3v) is 5.18. The Bertz CT molecular complexity index is 1100. The second kappa shape index (κ2) is 5.94. The molecule has 0 spiro atoms. The molecule has 0 saturated heterocycles. The highest BCUT2D eigenvalue weighted by Gasteiger charge is 2.32. The molecule has 0 bridgehead atoms. The third-order valence-electron chi connectivity index (χ3n) is 5.18. The number of rotatable bonds is 1. The topological polar surface area (TPSA) is 34.6 Å². The predicted molar refractivity (Wildman–Crippen MR) is 116 cm³/mol. The first-order valence-electron chi connectivity index (χ1n) is 9.95. The van der Waals surface area contributed by atoms with Crippen LogP contribution in [0.25, 0.3) is 22.7 Å². The van der Waals surface area contributed by atoms with Gasteiger partial charge in [-0.3, -0.25) is 8.80 Å². The van der Waals surface area contributed by atoms with Gasteiger partial charge in [0.1, 0.15) is 11.3 Å². The molecular weight excluding hydrogens is 344 g/mol. The third kappa shape index (κ3) is 2.92. The Kier molecular flexibility index (Phi) is 3.97. The fourth-order valence-corrected chi connectivity index (χ4v) is 3.80. The molecule has 0 aliphatic carbocycles. The molecule has 146 valence electrons. The normalized spacial score (nSPS) is 13.0. The van der Waals surface area contributed by atoms with Crippen LogP contribution in [0.5, 0.6) is 0 Å². The van der Waals surface area contributed by atoms with E-state index in [-0.39, 0.29) is 10.8 Å². The summed E-state index contributed by atoms with van der Waals surface area (Å²) in [6.07, 6.45) is 4.38. The van der Waals surface area contributed by atoms with Crippen molar-refractivity contribution in [3.63, 3.8) is 0 Å². The van der Waals surface area contributed by atoms with Gasteiger partial charge in [-0.1, -0.05) is 53.7 Å². The van der Waals surface area contributed by atoms with E-state index in [0.29, 0.717) is 0 Å². The lowest BCUT2D eigenvalue weighted by molar-refractivity contribution is 0.566. The Hall–Kier alpha value is -2.62. The minimum Gasteiger partial charge on any atom is -0.298 e. The van der Waals surface area contributed by atoms with Gasteiger partial charge in [0.2, 0.25) is 0 Å². The molecule has 0 aliphatic rings. The van der Waals surface area contributed by atoms with E-state index in [4.69, 9.17) is 9.97 Å². The van der Waals surface area contributed by atoms with Crippen molar-refractivity contribution in [3.05, 3.63) is 59.2 Å². The van der Waals surface area contributed by atoms with E-state index in [0.717, 1.165) is 34.1 Å². The van der Waals surface area contributed by atoms with Crippen LogP contribution in [-0.4, -0.2) is 18.8 Å². The van der Waals surface area contributed by atoms with Crippen LogP contribution in [-0.2, 0) is 10.8 Å². The van der Waals surface area contributed by atoms with Gasteiger partial charge < -0.3 is 0 Å². The number of aryl methyl sites for hydroxylation is 2. The number of imidazole rings is 2. The highest BCUT2D eigenvalue weighted by molar-refractivity contribution is 5.72. The average molecular weight is 375 g/mol. The molecule has 0 aromatic carbocycles. The molecule has 4 heteroatoms. The lowest BCUT2D eigenvalue weighted by Crippen LogP contribution is -2.17. The number of hydrogen-bond donors (Lipinski definition) is 0. The molecule has 0 atom stereocenters. The minimum atomic E-state index is -0.0849. The Balaban J connectivity index is 2.23. The maximum absolute atomic E-state index is 5.06. The van der Waals surface area contributed by atoms with Gasteiger partial charge in [-0.2, -0.15) is 0 Å². The van der Waals surface area contributed by atoms with Gasteiger partial charge in [-0.15, -0.1) is 0 Å². The van der Waals surface area contributed by atoms with Crippen molar-refractivity contribution in [1.29, 1.82) is 0 Å². The smallest absolute Gasteiger partial charge is 0.137 e. The molecule has 0 aliphatic heterocycles. The van der Waals surface area contributed by atoms with E-state index in [2.05, 4.69) is 101 Å². The Morgan fingerprint density at radius 1 is 0.607 bits per heavy atom. The molecule has 4 heterocycles. The molecule has 0 N–H and O–H groups in total. The van der Waals surface area contributed by atoms with Crippen LogP contribution in [0.4, 0.5) is 0 Å². The first-order valence-corrected chi connectivity index (χ1v) is 9.95. The van der Waals surface area contributed by atoms with Crippen LogP contribution in [0, 0.1) is 13.8 Å². The standard InChI is InChI=1S/C24H30N4/c1-15-9-11-17-25-21(23(3,4)5)19(27(17)13-15)20-22(24(6,7)8)26-18-12-10-16(2)14-28(18)20/h9-14H,1-8H3. The summed E-state index contributed by atoms with van der Waals surface area (Å²) < 4.78 is 4.49. The SMILES string of the molecule is Cc1ccc2nc(C(C)(C)C)c(-c3c(C(C)(C)C)nc4ccc(C)cn34)n2c1. The molecule has 4 aromatic rings. The number of fused-ring (bicyclic) bond motifs is 2. The monoisotopic (exact) mass is 374 g/mol. The number of nitrogens with zero attached hydrogens (tertiary/aromatic N) is 4. The zero-order valence-electron chi connectivity index (χ0n) is 18.3. The maximum Gasteiger partial charge on any atom is 0.137 e. The average Bonchev–Trinajstić information content (AvgIpc) is 3.11. The highest BCUT2D eigenvalue weighted by atomic mass is 15.1. The highest BCUT2D eigenvalue weighted by Crippen LogP contribution is 2.39. The predicted octanol–water partition coefficient (Wildman–Crippen LogP) is 5.86. The van der Waals surface area contributed by atoms with Crippen molar-refractivity contribution in [2.45, 2.75) is 66.2 Å². The summed E-state index contributed by atoms with van der Waals surface area (Å²) in [7, 11) is 0. The summed E-state index contributed by atoms with van der Waals surface area (Å²) in [6.45, 7) is 17.7. The van der Waals surface area contributed by atoms with Gasteiger partial charge in [-0.25, -0.2) is 9.97 Å². The summed E-state index contributed by atoms with van der Waals surface area (Å²) in [5.74, 6) is 0. The quantitative estimate of drug-likeness (QED) is 0.418. The molecule has 0 unspecified atom stereocenters. The van der Waals surface area contributed by atoms with Gasteiger partial charge in [0.15, 0.2) is 0 Å². The molecule has 0 fully saturated rings. The van der Waals surface area contributed by atoms with Crippen molar-refractivity contribution in [2.24, 2.45) is 0 Å². The molecule has 4 nitrogen and oxygen atoms in total. The van der Waals surface area contributed by atoms with Crippen molar-refractivity contribution in [1.82, 2.24) is 18.8 Å². The van der Waals surface area contributed by atoms with Gasteiger partial charge in [0.05, 0.1) is 22.8 Å². The Morgan fingerprint density at radius 3 is 1.29 bits per heavy atom. The fraction of sp³-hybridized carbons (Fsp3) is 0.417. The van der Waals surface area contributed by atoms with E-state index in [1.54, 1.807) is 0 Å². The van der Waals surface area contributed by atoms with Crippen LogP contribution < -0.4 is 0 Å². The zero-order valence-corrected chi connectivity index (χ0v) is 18.3. The van der Waals surface area contributed by atoms with Crippen molar-refractivity contribution >= 4 is 11.3 Å². The molecule has 4 aromatic heterocycles. The maximum atomic E-state index is 5.06. The molecule has 28 heavy (non-hydrogen) atoms. The van der Waals surface area contributed by atoms with Crippen LogP contribution >= 0.6 is 0 Å². The van der Waals surface area contributed by atoms with E-state index in [1.165, 1.54) is 11.1 Å². The van der Waals surface area contributed by atoms with E-state index in [9.17, 15) is 0 Å². The minimum absolute atomic E-state index is 0.0849. The summed E-state index contributed by atoms with van der Waals surface area (Å²) in [6, 6.07) is 8.47. The summed E-state index contributed by atoms with van der Waals surface area (Å²) in [5, 5.41) is 0. The second-order valence-electron chi connectivity index (χ2n) is 9.99. The lowest BCUT2D eigenvalue weighted by Gasteiger charge is -2.22. The summed E-state index contributed by atoms with van der Waals surface area (Å²) in [4.78, 5) is 10.1. The summed E-state index contributed by atoms with van der Waals surface area (Å²) >= 11 is 0. The lowest BCUT2D eigenvalue weighted by atomic mass is 9.86. The number of pyridine rings is 2. The zero-order chi connectivity index (χ0) is 20.4. The van der Waals surface area contributed by atoms with Crippen LogP contribution in [0.1, 0.15) is 64.1 Å². The van der Waals surface area contributed by atoms with E-state index in [1.807, 2.05) is 0 Å². The molecular formula is C24H30N4. The molecule has 0 amide bonds. The van der Waals surface area contributed by atoms with Crippen molar-refractivity contribution in [2.75, 3.05) is 0 Å². The largest absolute Gasteiger partial charge is 0.298 e. The van der Waals surface area contributed by atoms with Gasteiger partial charge in [0, 0.05) is 23.2 Å². The second-order valence-corrected chi connectivity index (χ2v) is 9.99. The summed E-state index contributed by atoms with van der Waals surface area (Å²) in [5.41, 5.74) is 8.72. The Morgan fingerprint density at radius 2 is 0.964 bits per heavy atom. The molecule has 0 radical (unpaired) electrons. The number of hydrogen-bond acceptors (Lipinski definition) is 2. The number of aromatic nitrogens is 4. The van der Waals surface area contributed by atoms with Gasteiger partial charge >= 0.3 is 0 Å². The molecule has 4 rings (SSSR count). The van der Waals surface area contributed by atoms with Crippen LogP contribution in [0.15, 0.2) is 36.7 Å². The van der Waals surface area contributed by atoms with E-state index >= 15 is 0 Å². The Labute approximate surface area is 167 Å². The van der Waals surface area contributed by atoms with Crippen LogP contribution in [0.2, 0.25) is 0 Å². The first-order chi connectivity index (χ1) is 13.0. The first kappa shape index (κ1) is 18.7. The van der Waals surface area contributed by atoms with Gasteiger partial charge in [-0.05, 0) is 37.1 Å². The molecule has 0 saturated carbocycles. The van der Waals surface area contributed by atoms with Crippen molar-refractivity contribution < 1.29 is 0 Å². The van der Waals surface area contributed by atoms with E-state index < -0.39 is 0 Å². The van der Waals surface area contributed by atoms with Gasteiger partial charge in [0.25, 0.3) is 0 Å². The fourth-order valence-electron chi connectivity index (χ4n) is 3.80.